The van der Waals surface area contributed by atoms with E-state index in [2.05, 4.69) is 39.1 Å². The summed E-state index contributed by atoms with van der Waals surface area (Å²) >= 11 is 0. The largest absolute Gasteiger partial charge is 0.393 e. The summed E-state index contributed by atoms with van der Waals surface area (Å²) < 4.78 is 7.00. The number of allylic oxidation sites excluding steroid dienone is 1. The summed E-state index contributed by atoms with van der Waals surface area (Å²) in [7, 11) is 0. The van der Waals surface area contributed by atoms with Gasteiger partial charge in [0.2, 0.25) is 0 Å². The molecule has 11 atom stereocenters. The van der Waals surface area contributed by atoms with E-state index in [0.717, 1.165) is 49.0 Å². The van der Waals surface area contributed by atoms with E-state index in [1.807, 2.05) is 0 Å². The Morgan fingerprint density at radius 1 is 1.07 bits per heavy atom. The maximum Gasteiger partial charge on any atom is 0.122 e. The molecule has 2 saturated heterocycles. The lowest BCUT2D eigenvalue weighted by Crippen LogP contribution is -2.57. The van der Waals surface area contributed by atoms with Crippen molar-refractivity contribution in [3.05, 3.63) is 11.6 Å². The molecule has 168 valence electrons. The molecule has 0 aromatic carbocycles. The Bertz CT molecular complexity index is 739. The molecule has 0 aromatic rings. The zero-order valence-electron chi connectivity index (χ0n) is 19.6. The van der Waals surface area contributed by atoms with Crippen LogP contribution in [-0.2, 0) is 4.74 Å². The molecule has 3 heteroatoms. The maximum atomic E-state index is 10.3. The third kappa shape index (κ3) is 2.55. The molecular weight excluding hydrogens is 370 g/mol. The lowest BCUT2D eigenvalue weighted by atomic mass is 9.47. The highest BCUT2D eigenvalue weighted by molar-refractivity contribution is 5.26. The molecule has 0 radical (unpaired) electrons. The quantitative estimate of drug-likeness (QED) is 0.530. The lowest BCUT2D eigenvalue weighted by molar-refractivity contribution is -0.115. The first kappa shape index (κ1) is 20.2. The van der Waals surface area contributed by atoms with E-state index in [0.29, 0.717) is 22.9 Å². The first-order valence-corrected chi connectivity index (χ1v) is 13.1. The van der Waals surface area contributed by atoms with Crippen molar-refractivity contribution in [3.8, 4) is 0 Å². The zero-order chi connectivity index (χ0) is 20.9. The highest BCUT2D eigenvalue weighted by Gasteiger charge is 2.68. The summed E-state index contributed by atoms with van der Waals surface area (Å²) in [5.41, 5.74) is 2.33. The fourth-order valence-corrected chi connectivity index (χ4v) is 9.84. The maximum absolute atomic E-state index is 10.3. The Kier molecular flexibility index (Phi) is 4.44. The van der Waals surface area contributed by atoms with E-state index in [1.54, 1.807) is 5.57 Å². The van der Waals surface area contributed by atoms with Crippen LogP contribution in [0.2, 0.25) is 0 Å². The van der Waals surface area contributed by atoms with Crippen molar-refractivity contribution in [1.29, 1.82) is 0 Å². The number of hydrogen-bond donors (Lipinski definition) is 2. The molecule has 30 heavy (non-hydrogen) atoms. The summed E-state index contributed by atoms with van der Waals surface area (Å²) in [6, 6.07) is 0. The molecule has 2 N–H and O–H groups in total. The number of piperidine rings is 1. The van der Waals surface area contributed by atoms with E-state index in [9.17, 15) is 5.11 Å². The van der Waals surface area contributed by atoms with Crippen LogP contribution in [0.3, 0.4) is 0 Å². The summed E-state index contributed by atoms with van der Waals surface area (Å²) in [5, 5.41) is 14.1. The van der Waals surface area contributed by atoms with Gasteiger partial charge in [-0.05, 0) is 98.2 Å². The van der Waals surface area contributed by atoms with Crippen molar-refractivity contribution in [3.63, 3.8) is 0 Å². The molecule has 6 rings (SSSR count). The van der Waals surface area contributed by atoms with E-state index < -0.39 is 0 Å². The number of ether oxygens (including phenoxy) is 1. The molecule has 0 aromatic heterocycles. The Hall–Kier alpha value is -0.380. The van der Waals surface area contributed by atoms with Gasteiger partial charge in [0.05, 0.1) is 12.2 Å². The van der Waals surface area contributed by atoms with Gasteiger partial charge < -0.3 is 9.84 Å². The number of aliphatic hydroxyl groups is 1. The molecule has 0 bridgehead atoms. The molecule has 5 fully saturated rings. The highest BCUT2D eigenvalue weighted by atomic mass is 16.5. The Morgan fingerprint density at radius 2 is 1.90 bits per heavy atom. The highest BCUT2D eigenvalue weighted by Crippen LogP contribution is 2.70. The van der Waals surface area contributed by atoms with Crippen LogP contribution in [0.1, 0.15) is 85.5 Å². The minimum Gasteiger partial charge on any atom is -0.393 e. The van der Waals surface area contributed by atoms with Crippen LogP contribution < -0.4 is 5.32 Å². The number of hydrogen-bond acceptors (Lipinski definition) is 3. The first-order valence-electron chi connectivity index (χ1n) is 13.1. The van der Waals surface area contributed by atoms with Crippen molar-refractivity contribution >= 4 is 0 Å². The standard InChI is InChI=1S/C27H43NO2/c1-16-7-12-27(28-15-16)17(2)24-23(30-27)14-22-20-6-5-18-13-19(29)8-10-25(18,3)21(20)9-11-26(22,24)4/h5,16-17,19-24,28-29H,6-15H2,1-4H3/t16-,17-,19-,20-,21+,22+,23-,24-,25-,26-,27-/m0/s1. The molecule has 6 aliphatic rings. The second kappa shape index (κ2) is 6.58. The zero-order valence-corrected chi connectivity index (χ0v) is 19.6. The summed E-state index contributed by atoms with van der Waals surface area (Å²) in [6.45, 7) is 11.2. The molecule has 0 unspecified atom stereocenters. The average molecular weight is 414 g/mol. The summed E-state index contributed by atoms with van der Waals surface area (Å²) in [4.78, 5) is 0. The first-order chi connectivity index (χ1) is 14.3. The van der Waals surface area contributed by atoms with Gasteiger partial charge in [0, 0.05) is 12.5 Å². The summed E-state index contributed by atoms with van der Waals surface area (Å²) in [6.07, 6.45) is 13.8. The molecule has 0 amide bonds. The fourth-order valence-electron chi connectivity index (χ4n) is 9.84. The van der Waals surface area contributed by atoms with Crippen LogP contribution in [0.25, 0.3) is 0 Å². The van der Waals surface area contributed by atoms with E-state index >= 15 is 0 Å². The van der Waals surface area contributed by atoms with Crippen molar-refractivity contribution in [2.75, 3.05) is 6.54 Å². The summed E-state index contributed by atoms with van der Waals surface area (Å²) in [5.74, 6) is 4.58. The van der Waals surface area contributed by atoms with Gasteiger partial charge in [-0.2, -0.15) is 0 Å². The van der Waals surface area contributed by atoms with Crippen LogP contribution in [0.4, 0.5) is 0 Å². The van der Waals surface area contributed by atoms with Gasteiger partial charge >= 0.3 is 0 Å². The van der Waals surface area contributed by atoms with Crippen LogP contribution in [0, 0.1) is 46.3 Å². The normalized spacial score (nSPS) is 59.8. The predicted molar refractivity (Wildman–Crippen MR) is 120 cm³/mol. The van der Waals surface area contributed by atoms with Gasteiger partial charge in [0.15, 0.2) is 0 Å². The van der Waals surface area contributed by atoms with Crippen molar-refractivity contribution < 1.29 is 9.84 Å². The third-order valence-electron chi connectivity index (χ3n) is 11.6. The topological polar surface area (TPSA) is 41.5 Å². The van der Waals surface area contributed by atoms with Gasteiger partial charge in [0.25, 0.3) is 0 Å². The van der Waals surface area contributed by atoms with Gasteiger partial charge in [-0.25, -0.2) is 0 Å². The van der Waals surface area contributed by atoms with Crippen LogP contribution in [0.5, 0.6) is 0 Å². The number of aliphatic hydroxyl groups excluding tert-OH is 1. The molecule has 4 aliphatic carbocycles. The van der Waals surface area contributed by atoms with E-state index in [1.165, 1.54) is 44.9 Å². The van der Waals surface area contributed by atoms with Gasteiger partial charge in [0.1, 0.15) is 5.72 Å². The van der Waals surface area contributed by atoms with Crippen LogP contribution >= 0.6 is 0 Å². The minimum atomic E-state index is -0.100. The lowest BCUT2D eigenvalue weighted by Gasteiger charge is -2.58. The average Bonchev–Trinajstić information content (AvgIpc) is 3.16. The Morgan fingerprint density at radius 3 is 2.67 bits per heavy atom. The Balaban J connectivity index is 1.28. The molecular formula is C27H43NO2. The number of rotatable bonds is 0. The molecule has 3 nitrogen and oxygen atoms in total. The van der Waals surface area contributed by atoms with Gasteiger partial charge in [-0.3, -0.25) is 5.32 Å². The SMILES string of the molecule is C[C@H]1CC[C@]2(NC1)O[C@H]1C[C@@H]3[C@H]4CC=C5C[C@@H](O)CC[C@]5(C)[C@@H]4CC[C@]3(C)[C@H]1[C@@H]2C. The van der Waals surface area contributed by atoms with Crippen molar-refractivity contribution in [1.82, 2.24) is 5.32 Å². The third-order valence-corrected chi connectivity index (χ3v) is 11.6. The molecule has 2 aliphatic heterocycles. The molecule has 2 heterocycles. The van der Waals surface area contributed by atoms with E-state index in [-0.39, 0.29) is 11.8 Å². The van der Waals surface area contributed by atoms with Gasteiger partial charge in [-0.1, -0.05) is 39.3 Å². The minimum absolute atomic E-state index is 0.0439. The Labute approximate surface area is 183 Å². The predicted octanol–water partition coefficient (Wildman–Crippen LogP) is 5.29. The second-order valence-electron chi connectivity index (χ2n) is 12.8. The monoisotopic (exact) mass is 413 g/mol. The van der Waals surface area contributed by atoms with Crippen LogP contribution in [0.15, 0.2) is 11.6 Å². The van der Waals surface area contributed by atoms with Crippen molar-refractivity contribution in [2.24, 2.45) is 46.3 Å². The van der Waals surface area contributed by atoms with Gasteiger partial charge in [-0.15, -0.1) is 0 Å². The molecule has 3 saturated carbocycles. The van der Waals surface area contributed by atoms with Crippen molar-refractivity contribution in [2.45, 2.75) is 103 Å². The number of fused-ring (bicyclic) bond motifs is 7. The second-order valence-corrected chi connectivity index (χ2v) is 12.8. The fraction of sp³-hybridized carbons (Fsp3) is 0.926. The molecule has 1 spiro atoms. The smallest absolute Gasteiger partial charge is 0.122 e. The van der Waals surface area contributed by atoms with E-state index in [4.69, 9.17) is 4.74 Å². The number of nitrogens with one attached hydrogen (secondary N) is 1. The van der Waals surface area contributed by atoms with Crippen LogP contribution in [-0.4, -0.2) is 29.6 Å².